The van der Waals surface area contributed by atoms with Crippen LogP contribution in [-0.4, -0.2) is 16.5 Å². The zero-order valence-corrected chi connectivity index (χ0v) is 13.1. The number of hydrogen-bond acceptors (Lipinski definition) is 4. The van der Waals surface area contributed by atoms with Crippen molar-refractivity contribution in [2.75, 3.05) is 11.9 Å². The Morgan fingerprint density at radius 1 is 1.30 bits per heavy atom. The van der Waals surface area contributed by atoms with Gasteiger partial charge in [-0.25, -0.2) is 9.37 Å². The minimum atomic E-state index is -0.436. The lowest BCUT2D eigenvalue weighted by atomic mass is 10.3. The Morgan fingerprint density at radius 3 is 2.75 bits per heavy atom. The van der Waals surface area contributed by atoms with Gasteiger partial charge in [0.05, 0.1) is 5.56 Å². The van der Waals surface area contributed by atoms with E-state index in [1.165, 1.54) is 6.07 Å². The molecule has 0 aliphatic heterocycles. The third-order valence-electron chi connectivity index (χ3n) is 2.66. The van der Waals surface area contributed by atoms with Gasteiger partial charge in [0, 0.05) is 11.0 Å². The molecule has 0 unspecified atom stereocenters. The SMILES string of the molecule is CCNc1nc(C)nc(Oc2cc(Br)ccc2F)c1C. The quantitative estimate of drug-likeness (QED) is 0.905. The molecule has 0 aliphatic rings. The molecule has 2 rings (SSSR count). The maximum atomic E-state index is 13.7. The average Bonchev–Trinajstić information content (AvgIpc) is 2.39. The average molecular weight is 340 g/mol. The van der Waals surface area contributed by atoms with Crippen LogP contribution in [0.1, 0.15) is 18.3 Å². The van der Waals surface area contributed by atoms with E-state index < -0.39 is 5.82 Å². The molecule has 1 aromatic heterocycles. The van der Waals surface area contributed by atoms with Crippen LogP contribution in [-0.2, 0) is 0 Å². The Balaban J connectivity index is 2.40. The van der Waals surface area contributed by atoms with Gasteiger partial charge in [0.15, 0.2) is 11.6 Å². The summed E-state index contributed by atoms with van der Waals surface area (Å²) in [6.45, 7) is 6.32. The molecule has 0 atom stereocenters. The van der Waals surface area contributed by atoms with Crippen LogP contribution in [0.4, 0.5) is 10.2 Å². The third kappa shape index (κ3) is 3.25. The summed E-state index contributed by atoms with van der Waals surface area (Å²) in [5.41, 5.74) is 0.747. The highest BCUT2D eigenvalue weighted by Crippen LogP contribution is 2.30. The molecular formula is C14H15BrFN3O. The highest BCUT2D eigenvalue weighted by atomic mass is 79.9. The summed E-state index contributed by atoms with van der Waals surface area (Å²) in [5.74, 6) is 1.31. The molecule has 6 heteroatoms. The van der Waals surface area contributed by atoms with Crippen molar-refractivity contribution in [3.8, 4) is 11.6 Å². The number of halogens is 2. The van der Waals surface area contributed by atoms with Crippen molar-refractivity contribution in [2.45, 2.75) is 20.8 Å². The molecule has 0 spiro atoms. The van der Waals surface area contributed by atoms with Crippen LogP contribution < -0.4 is 10.1 Å². The van der Waals surface area contributed by atoms with E-state index in [9.17, 15) is 4.39 Å². The number of nitrogens with one attached hydrogen (secondary N) is 1. The van der Waals surface area contributed by atoms with Crippen LogP contribution in [0, 0.1) is 19.7 Å². The largest absolute Gasteiger partial charge is 0.435 e. The number of hydrogen-bond donors (Lipinski definition) is 1. The summed E-state index contributed by atoms with van der Waals surface area (Å²) in [5, 5.41) is 3.13. The minimum absolute atomic E-state index is 0.128. The molecule has 0 fully saturated rings. The van der Waals surface area contributed by atoms with Crippen molar-refractivity contribution < 1.29 is 9.13 Å². The Bertz CT molecular complexity index is 634. The number of rotatable bonds is 4. The summed E-state index contributed by atoms with van der Waals surface area (Å²) in [6.07, 6.45) is 0. The van der Waals surface area contributed by atoms with E-state index in [0.717, 1.165) is 16.6 Å². The van der Waals surface area contributed by atoms with Crippen LogP contribution >= 0.6 is 15.9 Å². The molecule has 2 aromatic rings. The van der Waals surface area contributed by atoms with Gasteiger partial charge in [-0.2, -0.15) is 4.98 Å². The molecule has 20 heavy (non-hydrogen) atoms. The van der Waals surface area contributed by atoms with E-state index in [0.29, 0.717) is 17.5 Å². The molecule has 4 nitrogen and oxygen atoms in total. The second-order valence-corrected chi connectivity index (χ2v) is 5.17. The molecule has 0 saturated heterocycles. The number of nitrogens with zero attached hydrogens (tertiary/aromatic N) is 2. The maximum Gasteiger partial charge on any atom is 0.227 e. The van der Waals surface area contributed by atoms with Crippen molar-refractivity contribution in [1.82, 2.24) is 9.97 Å². The topological polar surface area (TPSA) is 47.0 Å². The third-order valence-corrected chi connectivity index (χ3v) is 3.15. The molecule has 0 aliphatic carbocycles. The summed E-state index contributed by atoms with van der Waals surface area (Å²) in [6, 6.07) is 4.53. The van der Waals surface area contributed by atoms with Crippen LogP contribution in [0.15, 0.2) is 22.7 Å². The fourth-order valence-corrected chi connectivity index (χ4v) is 2.04. The van der Waals surface area contributed by atoms with Gasteiger partial charge in [-0.05, 0) is 39.0 Å². The van der Waals surface area contributed by atoms with E-state index in [4.69, 9.17) is 4.74 Å². The molecule has 1 heterocycles. The predicted octanol–water partition coefficient (Wildman–Crippen LogP) is 4.22. The molecule has 106 valence electrons. The zero-order valence-electron chi connectivity index (χ0n) is 11.5. The second-order valence-electron chi connectivity index (χ2n) is 4.26. The second kappa shape index (κ2) is 6.17. The fourth-order valence-electron chi connectivity index (χ4n) is 1.70. The number of aromatic nitrogens is 2. The molecule has 0 radical (unpaired) electrons. The first-order valence-corrected chi connectivity index (χ1v) is 7.02. The Morgan fingerprint density at radius 2 is 2.05 bits per heavy atom. The van der Waals surface area contributed by atoms with Crippen molar-refractivity contribution in [3.63, 3.8) is 0 Å². The summed E-state index contributed by atoms with van der Waals surface area (Å²) < 4.78 is 20.1. The lowest BCUT2D eigenvalue weighted by Crippen LogP contribution is -2.06. The minimum Gasteiger partial charge on any atom is -0.435 e. The molecule has 0 bridgehead atoms. The highest BCUT2D eigenvalue weighted by Gasteiger charge is 2.13. The summed E-state index contributed by atoms with van der Waals surface area (Å²) >= 11 is 3.29. The number of ether oxygens (including phenoxy) is 1. The Hall–Kier alpha value is -1.69. The smallest absolute Gasteiger partial charge is 0.227 e. The van der Waals surface area contributed by atoms with E-state index in [-0.39, 0.29) is 5.75 Å². The van der Waals surface area contributed by atoms with E-state index >= 15 is 0 Å². The van der Waals surface area contributed by atoms with Crippen LogP contribution in [0.2, 0.25) is 0 Å². The fraction of sp³-hybridized carbons (Fsp3) is 0.286. The van der Waals surface area contributed by atoms with Crippen LogP contribution in [0.5, 0.6) is 11.6 Å². The van der Waals surface area contributed by atoms with Gasteiger partial charge >= 0.3 is 0 Å². The molecule has 0 amide bonds. The lowest BCUT2D eigenvalue weighted by molar-refractivity contribution is 0.422. The van der Waals surface area contributed by atoms with Gasteiger partial charge in [0.25, 0.3) is 0 Å². The summed E-state index contributed by atoms with van der Waals surface area (Å²) in [4.78, 5) is 8.53. The molecule has 1 N–H and O–H groups in total. The summed E-state index contributed by atoms with van der Waals surface area (Å²) in [7, 11) is 0. The van der Waals surface area contributed by atoms with Crippen LogP contribution in [0.25, 0.3) is 0 Å². The van der Waals surface area contributed by atoms with Gasteiger partial charge in [-0.15, -0.1) is 0 Å². The lowest BCUT2D eigenvalue weighted by Gasteiger charge is -2.13. The zero-order chi connectivity index (χ0) is 14.7. The van der Waals surface area contributed by atoms with Crippen molar-refractivity contribution in [2.24, 2.45) is 0 Å². The van der Waals surface area contributed by atoms with Crippen molar-refractivity contribution in [1.29, 1.82) is 0 Å². The Labute approximate surface area is 125 Å². The molecule has 1 aromatic carbocycles. The molecule has 0 saturated carbocycles. The van der Waals surface area contributed by atoms with Gasteiger partial charge in [0.2, 0.25) is 5.88 Å². The van der Waals surface area contributed by atoms with Crippen molar-refractivity contribution in [3.05, 3.63) is 39.9 Å². The van der Waals surface area contributed by atoms with E-state index in [2.05, 4.69) is 31.2 Å². The molecular weight excluding hydrogens is 325 g/mol. The number of benzene rings is 1. The van der Waals surface area contributed by atoms with Gasteiger partial charge in [-0.1, -0.05) is 15.9 Å². The highest BCUT2D eigenvalue weighted by molar-refractivity contribution is 9.10. The van der Waals surface area contributed by atoms with Crippen molar-refractivity contribution >= 4 is 21.7 Å². The number of anilines is 1. The first kappa shape index (κ1) is 14.7. The standard InChI is InChI=1S/C14H15BrFN3O/c1-4-17-13-8(2)14(19-9(3)18-13)20-12-7-10(15)5-6-11(12)16/h5-7H,4H2,1-3H3,(H,17,18,19). The van der Waals surface area contributed by atoms with Gasteiger partial charge in [-0.3, -0.25) is 0 Å². The van der Waals surface area contributed by atoms with E-state index in [1.54, 1.807) is 19.1 Å². The van der Waals surface area contributed by atoms with E-state index in [1.807, 2.05) is 13.8 Å². The van der Waals surface area contributed by atoms with Gasteiger partial charge in [0.1, 0.15) is 11.6 Å². The normalized spacial score (nSPS) is 10.4. The Kier molecular flexibility index (Phi) is 4.54. The number of aryl methyl sites for hydroxylation is 1. The van der Waals surface area contributed by atoms with Crippen LogP contribution in [0.3, 0.4) is 0 Å². The predicted molar refractivity (Wildman–Crippen MR) is 79.8 cm³/mol. The monoisotopic (exact) mass is 339 g/mol. The first-order chi connectivity index (χ1) is 9.51. The first-order valence-electron chi connectivity index (χ1n) is 6.23. The van der Waals surface area contributed by atoms with Gasteiger partial charge < -0.3 is 10.1 Å². The maximum absolute atomic E-state index is 13.7.